The van der Waals surface area contributed by atoms with Crippen LogP contribution in [0.15, 0.2) is 12.4 Å². The molecule has 0 aromatic carbocycles. The highest BCUT2D eigenvalue weighted by molar-refractivity contribution is 7.87. The summed E-state index contributed by atoms with van der Waals surface area (Å²) >= 11 is 0. The van der Waals surface area contributed by atoms with E-state index in [2.05, 4.69) is 14.7 Å². The molecule has 0 radical (unpaired) electrons. The molecule has 0 aliphatic carbocycles. The largest absolute Gasteiger partial charge is 0.349 e. The van der Waals surface area contributed by atoms with Gasteiger partial charge in [0.15, 0.2) is 0 Å². The first-order valence-corrected chi connectivity index (χ1v) is 8.02. The third kappa shape index (κ3) is 3.75. The van der Waals surface area contributed by atoms with Gasteiger partial charge in [0.1, 0.15) is 5.82 Å². The number of H-pyrrole nitrogens is 1. The van der Waals surface area contributed by atoms with Crippen molar-refractivity contribution in [3.05, 3.63) is 18.2 Å². The van der Waals surface area contributed by atoms with Crippen molar-refractivity contribution in [1.29, 1.82) is 0 Å². The molecule has 2 heterocycles. The van der Waals surface area contributed by atoms with Crippen LogP contribution in [-0.2, 0) is 16.6 Å². The highest BCUT2D eigenvalue weighted by Crippen LogP contribution is 2.18. The Balaban J connectivity index is 1.89. The maximum Gasteiger partial charge on any atom is 0.279 e. The van der Waals surface area contributed by atoms with E-state index in [1.165, 1.54) is 4.31 Å². The number of nitrogens with two attached hydrogens (primary N) is 1. The van der Waals surface area contributed by atoms with Crippen LogP contribution in [0.2, 0.25) is 0 Å². The average molecular weight is 287 g/mol. The van der Waals surface area contributed by atoms with Gasteiger partial charge in [-0.05, 0) is 12.8 Å². The van der Waals surface area contributed by atoms with Gasteiger partial charge in [0, 0.05) is 44.5 Å². The van der Waals surface area contributed by atoms with Crippen LogP contribution in [0.3, 0.4) is 0 Å². The number of nitrogens with one attached hydrogen (secondary N) is 2. The standard InChI is InChI=1S/C11H21N5O2S/c12-9-10-3-1-2-8-16(10)19(17,18)15-5-4-11-13-6-7-14-11/h6-7,10,15H,1-5,8-9,12H2,(H,13,14). The maximum absolute atomic E-state index is 12.2. The van der Waals surface area contributed by atoms with Gasteiger partial charge in [-0.25, -0.2) is 9.71 Å². The van der Waals surface area contributed by atoms with Gasteiger partial charge < -0.3 is 10.7 Å². The zero-order valence-electron chi connectivity index (χ0n) is 10.9. The summed E-state index contributed by atoms with van der Waals surface area (Å²) in [5.74, 6) is 0.775. The van der Waals surface area contributed by atoms with E-state index in [-0.39, 0.29) is 6.04 Å². The van der Waals surface area contributed by atoms with Crippen molar-refractivity contribution in [1.82, 2.24) is 19.0 Å². The zero-order valence-corrected chi connectivity index (χ0v) is 11.7. The van der Waals surface area contributed by atoms with Crippen molar-refractivity contribution in [2.45, 2.75) is 31.7 Å². The van der Waals surface area contributed by atoms with E-state index in [9.17, 15) is 8.42 Å². The van der Waals surface area contributed by atoms with Gasteiger partial charge in [0.05, 0.1) is 0 Å². The van der Waals surface area contributed by atoms with Crippen molar-refractivity contribution in [2.75, 3.05) is 19.6 Å². The fourth-order valence-electron chi connectivity index (χ4n) is 2.34. The number of nitrogens with zero attached hydrogens (tertiary/aromatic N) is 2. The maximum atomic E-state index is 12.2. The fraction of sp³-hybridized carbons (Fsp3) is 0.727. The third-order valence-electron chi connectivity index (χ3n) is 3.36. The molecule has 1 aromatic rings. The van der Waals surface area contributed by atoms with Crippen LogP contribution in [-0.4, -0.2) is 48.4 Å². The Morgan fingerprint density at radius 1 is 1.53 bits per heavy atom. The Labute approximate surface area is 113 Å². The number of rotatable bonds is 6. The van der Waals surface area contributed by atoms with Gasteiger partial charge in [-0.3, -0.25) is 0 Å². The summed E-state index contributed by atoms with van der Waals surface area (Å²) in [6.45, 7) is 1.26. The molecule has 0 bridgehead atoms. The second kappa shape index (κ2) is 6.47. The summed E-state index contributed by atoms with van der Waals surface area (Å²) in [6, 6.07) is -0.0742. The lowest BCUT2D eigenvalue weighted by Gasteiger charge is -2.33. The van der Waals surface area contributed by atoms with E-state index in [0.717, 1.165) is 25.1 Å². The molecule has 0 saturated carbocycles. The number of imidazole rings is 1. The van der Waals surface area contributed by atoms with E-state index in [1.54, 1.807) is 12.4 Å². The first-order chi connectivity index (χ1) is 9.13. The molecular weight excluding hydrogens is 266 g/mol. The van der Waals surface area contributed by atoms with Crippen molar-refractivity contribution in [3.63, 3.8) is 0 Å². The van der Waals surface area contributed by atoms with E-state index < -0.39 is 10.2 Å². The Morgan fingerprint density at radius 2 is 2.37 bits per heavy atom. The fourth-order valence-corrected chi connectivity index (χ4v) is 3.82. The van der Waals surface area contributed by atoms with Crippen LogP contribution in [0.4, 0.5) is 0 Å². The summed E-state index contributed by atoms with van der Waals surface area (Å²) in [4.78, 5) is 7.00. The summed E-state index contributed by atoms with van der Waals surface area (Å²) in [7, 11) is -3.44. The van der Waals surface area contributed by atoms with E-state index >= 15 is 0 Å². The van der Waals surface area contributed by atoms with Gasteiger partial charge in [0.2, 0.25) is 0 Å². The van der Waals surface area contributed by atoms with Crippen LogP contribution in [0.5, 0.6) is 0 Å². The lowest BCUT2D eigenvalue weighted by molar-refractivity contribution is 0.254. The number of aromatic nitrogens is 2. The normalized spacial score (nSPS) is 21.6. The zero-order chi connectivity index (χ0) is 13.7. The average Bonchev–Trinajstić information content (AvgIpc) is 2.91. The van der Waals surface area contributed by atoms with E-state index in [1.807, 2.05) is 0 Å². The third-order valence-corrected chi connectivity index (χ3v) is 5.02. The Kier molecular flexibility index (Phi) is 4.92. The monoisotopic (exact) mass is 287 g/mol. The molecule has 0 spiro atoms. The molecule has 1 aliphatic rings. The lowest BCUT2D eigenvalue weighted by Crippen LogP contribution is -2.51. The Bertz CT molecular complexity index is 473. The molecular formula is C11H21N5O2S. The smallest absolute Gasteiger partial charge is 0.279 e. The summed E-state index contributed by atoms with van der Waals surface area (Å²) in [5, 5.41) is 0. The molecule has 108 valence electrons. The highest BCUT2D eigenvalue weighted by atomic mass is 32.2. The van der Waals surface area contributed by atoms with Crippen LogP contribution in [0, 0.1) is 0 Å². The molecule has 1 aromatic heterocycles. The topological polar surface area (TPSA) is 104 Å². The van der Waals surface area contributed by atoms with Gasteiger partial charge in [-0.15, -0.1) is 0 Å². The molecule has 1 fully saturated rings. The van der Waals surface area contributed by atoms with Crippen LogP contribution in [0.25, 0.3) is 0 Å². The number of piperidine rings is 1. The van der Waals surface area contributed by atoms with E-state index in [4.69, 9.17) is 5.73 Å². The van der Waals surface area contributed by atoms with E-state index in [0.29, 0.717) is 26.1 Å². The molecule has 1 saturated heterocycles. The summed E-state index contributed by atoms with van der Waals surface area (Å²) in [5.41, 5.74) is 5.65. The minimum absolute atomic E-state index is 0.0742. The van der Waals surface area contributed by atoms with Crippen LogP contribution >= 0.6 is 0 Å². The van der Waals surface area contributed by atoms with Crippen molar-refractivity contribution < 1.29 is 8.42 Å². The SMILES string of the molecule is NCC1CCCCN1S(=O)(=O)NCCc1ncc[nH]1. The van der Waals surface area contributed by atoms with Crippen molar-refractivity contribution >= 4 is 10.2 Å². The van der Waals surface area contributed by atoms with Gasteiger partial charge in [-0.2, -0.15) is 12.7 Å². The minimum Gasteiger partial charge on any atom is -0.349 e. The van der Waals surface area contributed by atoms with Crippen LogP contribution in [0.1, 0.15) is 25.1 Å². The molecule has 1 unspecified atom stereocenters. The molecule has 4 N–H and O–H groups in total. The number of hydrogen-bond donors (Lipinski definition) is 3. The first-order valence-electron chi connectivity index (χ1n) is 6.58. The summed E-state index contributed by atoms with van der Waals surface area (Å²) in [6.07, 6.45) is 6.71. The Morgan fingerprint density at radius 3 is 3.05 bits per heavy atom. The number of aromatic amines is 1. The number of hydrogen-bond acceptors (Lipinski definition) is 4. The molecule has 7 nitrogen and oxygen atoms in total. The highest BCUT2D eigenvalue weighted by Gasteiger charge is 2.30. The van der Waals surface area contributed by atoms with Gasteiger partial charge in [-0.1, -0.05) is 6.42 Å². The predicted octanol–water partition coefficient (Wildman–Crippen LogP) is -0.400. The minimum atomic E-state index is -3.44. The molecule has 0 amide bonds. The molecule has 1 atom stereocenters. The molecule has 8 heteroatoms. The molecule has 19 heavy (non-hydrogen) atoms. The predicted molar refractivity (Wildman–Crippen MR) is 72.6 cm³/mol. The van der Waals surface area contributed by atoms with Crippen molar-refractivity contribution in [2.24, 2.45) is 5.73 Å². The Hall–Kier alpha value is -0.960. The quantitative estimate of drug-likeness (QED) is 0.662. The second-order valence-corrected chi connectivity index (χ2v) is 6.39. The lowest BCUT2D eigenvalue weighted by atomic mass is 10.1. The van der Waals surface area contributed by atoms with Gasteiger partial charge >= 0.3 is 0 Å². The first kappa shape index (κ1) is 14.4. The second-order valence-electron chi connectivity index (χ2n) is 4.68. The molecule has 2 rings (SSSR count). The van der Waals surface area contributed by atoms with Crippen molar-refractivity contribution in [3.8, 4) is 0 Å². The van der Waals surface area contributed by atoms with Crippen LogP contribution < -0.4 is 10.5 Å². The van der Waals surface area contributed by atoms with Gasteiger partial charge in [0.25, 0.3) is 10.2 Å². The molecule has 1 aliphatic heterocycles. The summed E-state index contributed by atoms with van der Waals surface area (Å²) < 4.78 is 28.5.